The van der Waals surface area contributed by atoms with Crippen molar-refractivity contribution in [3.05, 3.63) is 52.8 Å². The lowest BCUT2D eigenvalue weighted by molar-refractivity contribution is -0.142. The standard InChI is InChI=1S/C28H34F5N5O2/c29-26(30)23-15-24(28(31,32)33)36-38(23)16-25(39)37-12-9-17(10-13-37)19-8-11-34-22(14-19)27(40)35-21-7-3-5-18-4-1-2-6-20(18)21/h1-2,4,6,15,17,19,21-22,26,34H,3,5,7-14,16H2,(H,35,40). The SMILES string of the molecule is O=C(NC1CCCc2ccccc21)C1CC(C2CCN(C(=O)Cn3nc(C(F)(F)F)cc3C(F)F)CC2)CCN1. The summed E-state index contributed by atoms with van der Waals surface area (Å²) in [5, 5.41) is 9.83. The summed E-state index contributed by atoms with van der Waals surface area (Å²) in [6.45, 7) is 0.835. The number of aromatic nitrogens is 2. The van der Waals surface area contributed by atoms with Crippen molar-refractivity contribution in [2.24, 2.45) is 11.8 Å². The molecular formula is C28H34F5N5O2. The molecule has 2 aliphatic heterocycles. The van der Waals surface area contributed by atoms with E-state index in [1.165, 1.54) is 16.0 Å². The monoisotopic (exact) mass is 567 g/mol. The third kappa shape index (κ3) is 6.31. The lowest BCUT2D eigenvalue weighted by Gasteiger charge is -2.40. The molecule has 2 fully saturated rings. The summed E-state index contributed by atoms with van der Waals surface area (Å²) in [6.07, 6.45) is -2.08. The summed E-state index contributed by atoms with van der Waals surface area (Å²) in [6, 6.07) is 8.25. The predicted molar refractivity (Wildman–Crippen MR) is 136 cm³/mol. The number of nitrogens with one attached hydrogen (secondary N) is 2. The van der Waals surface area contributed by atoms with Gasteiger partial charge in [0.15, 0.2) is 5.69 Å². The summed E-state index contributed by atoms with van der Waals surface area (Å²) >= 11 is 0. The average Bonchev–Trinajstić information content (AvgIpc) is 3.38. The van der Waals surface area contributed by atoms with E-state index < -0.39 is 36.4 Å². The van der Waals surface area contributed by atoms with Crippen molar-refractivity contribution in [3.8, 4) is 0 Å². The Bertz CT molecular complexity index is 1210. The fourth-order valence-corrected chi connectivity index (χ4v) is 6.47. The van der Waals surface area contributed by atoms with E-state index >= 15 is 0 Å². The summed E-state index contributed by atoms with van der Waals surface area (Å²) in [7, 11) is 0. The number of carbonyl (C=O) groups is 2. The molecule has 1 aromatic carbocycles. The molecule has 0 spiro atoms. The Kier molecular flexibility index (Phi) is 8.44. The number of rotatable bonds is 6. The molecule has 7 nitrogen and oxygen atoms in total. The van der Waals surface area contributed by atoms with Gasteiger partial charge in [0, 0.05) is 13.1 Å². The van der Waals surface area contributed by atoms with Crippen LogP contribution in [-0.2, 0) is 28.7 Å². The number of carbonyl (C=O) groups excluding carboxylic acids is 2. The molecule has 1 aliphatic carbocycles. The average molecular weight is 568 g/mol. The molecule has 3 heterocycles. The number of benzene rings is 1. The molecule has 1 aromatic heterocycles. The van der Waals surface area contributed by atoms with Crippen molar-refractivity contribution in [2.45, 2.75) is 76.2 Å². The molecule has 2 N–H and O–H groups in total. The number of hydrogen-bond donors (Lipinski definition) is 2. The first-order chi connectivity index (χ1) is 19.1. The number of fused-ring (bicyclic) bond motifs is 1. The molecule has 0 radical (unpaired) electrons. The van der Waals surface area contributed by atoms with Crippen LogP contribution in [0.4, 0.5) is 22.0 Å². The second-order valence-electron chi connectivity index (χ2n) is 11.1. The van der Waals surface area contributed by atoms with Crippen LogP contribution in [0.1, 0.15) is 73.5 Å². The highest BCUT2D eigenvalue weighted by Gasteiger charge is 2.38. The van der Waals surface area contributed by atoms with E-state index in [2.05, 4.69) is 27.9 Å². The molecule has 40 heavy (non-hydrogen) atoms. The van der Waals surface area contributed by atoms with Crippen molar-refractivity contribution in [2.75, 3.05) is 19.6 Å². The normalized spacial score (nSPS) is 24.1. The molecule has 2 saturated heterocycles. The van der Waals surface area contributed by atoms with Gasteiger partial charge in [0.2, 0.25) is 11.8 Å². The first-order valence-corrected chi connectivity index (χ1v) is 13.9. The van der Waals surface area contributed by atoms with Crippen LogP contribution in [-0.4, -0.2) is 52.2 Å². The summed E-state index contributed by atoms with van der Waals surface area (Å²) < 4.78 is 65.9. The summed E-state index contributed by atoms with van der Waals surface area (Å²) in [4.78, 5) is 27.5. The van der Waals surface area contributed by atoms with Gasteiger partial charge in [0.1, 0.15) is 12.2 Å². The largest absolute Gasteiger partial charge is 0.435 e. The zero-order valence-electron chi connectivity index (χ0n) is 22.1. The first kappa shape index (κ1) is 28.5. The molecule has 3 aliphatic rings. The smallest absolute Gasteiger partial charge is 0.348 e. The maximum atomic E-state index is 13.3. The quantitative estimate of drug-likeness (QED) is 0.499. The van der Waals surface area contributed by atoms with Crippen LogP contribution in [0.5, 0.6) is 0 Å². The van der Waals surface area contributed by atoms with Crippen molar-refractivity contribution >= 4 is 11.8 Å². The number of likely N-dealkylation sites (tertiary alicyclic amines) is 1. The maximum absolute atomic E-state index is 13.3. The summed E-state index contributed by atoms with van der Waals surface area (Å²) in [5.41, 5.74) is 0.114. The number of aryl methyl sites for hydroxylation is 1. The predicted octanol–water partition coefficient (Wildman–Crippen LogP) is 4.64. The summed E-state index contributed by atoms with van der Waals surface area (Å²) in [5.74, 6) is 0.0765. The number of hydrogen-bond acceptors (Lipinski definition) is 4. The number of nitrogens with zero attached hydrogens (tertiary/aromatic N) is 3. The number of halogens is 5. The van der Waals surface area contributed by atoms with E-state index in [0.717, 1.165) is 32.2 Å². The van der Waals surface area contributed by atoms with Crippen LogP contribution in [0.3, 0.4) is 0 Å². The van der Waals surface area contributed by atoms with E-state index in [0.29, 0.717) is 54.9 Å². The second kappa shape index (κ2) is 11.8. The van der Waals surface area contributed by atoms with Gasteiger partial charge in [0.05, 0.1) is 12.1 Å². The molecule has 0 bridgehead atoms. The Labute approximate surface area is 229 Å². The van der Waals surface area contributed by atoms with Crippen LogP contribution in [0, 0.1) is 11.8 Å². The van der Waals surface area contributed by atoms with Gasteiger partial charge in [-0.15, -0.1) is 0 Å². The molecule has 3 unspecified atom stereocenters. The van der Waals surface area contributed by atoms with Crippen LogP contribution < -0.4 is 10.6 Å². The van der Waals surface area contributed by atoms with Crippen molar-refractivity contribution in [1.29, 1.82) is 0 Å². The Morgan fingerprint density at radius 1 is 1.07 bits per heavy atom. The fraction of sp³-hybridized carbons (Fsp3) is 0.607. The molecule has 218 valence electrons. The lowest BCUT2D eigenvalue weighted by atomic mass is 9.77. The molecule has 12 heteroatoms. The van der Waals surface area contributed by atoms with E-state index in [9.17, 15) is 31.5 Å². The van der Waals surface area contributed by atoms with E-state index in [4.69, 9.17) is 0 Å². The highest BCUT2D eigenvalue weighted by Crippen LogP contribution is 2.35. The number of piperidine rings is 2. The highest BCUT2D eigenvalue weighted by molar-refractivity contribution is 5.82. The third-order valence-electron chi connectivity index (χ3n) is 8.62. The van der Waals surface area contributed by atoms with Crippen LogP contribution in [0.15, 0.2) is 30.3 Å². The zero-order chi connectivity index (χ0) is 28.4. The first-order valence-electron chi connectivity index (χ1n) is 13.9. The zero-order valence-corrected chi connectivity index (χ0v) is 22.1. The van der Waals surface area contributed by atoms with Gasteiger partial charge in [-0.3, -0.25) is 14.3 Å². The minimum Gasteiger partial charge on any atom is -0.348 e. The van der Waals surface area contributed by atoms with Crippen molar-refractivity contribution < 1.29 is 31.5 Å². The molecular weight excluding hydrogens is 533 g/mol. The van der Waals surface area contributed by atoms with Gasteiger partial charge < -0.3 is 15.5 Å². The Balaban J connectivity index is 1.13. The van der Waals surface area contributed by atoms with Gasteiger partial charge in [-0.1, -0.05) is 24.3 Å². The Morgan fingerprint density at radius 2 is 1.82 bits per heavy atom. The van der Waals surface area contributed by atoms with Gasteiger partial charge in [-0.2, -0.15) is 18.3 Å². The highest BCUT2D eigenvalue weighted by atomic mass is 19.4. The van der Waals surface area contributed by atoms with Crippen molar-refractivity contribution in [3.63, 3.8) is 0 Å². The lowest BCUT2D eigenvalue weighted by Crippen LogP contribution is -2.51. The molecule has 2 aromatic rings. The minimum absolute atomic E-state index is 0.00583. The Hall–Kier alpha value is -3.02. The Morgan fingerprint density at radius 3 is 2.55 bits per heavy atom. The second-order valence-corrected chi connectivity index (χ2v) is 11.1. The van der Waals surface area contributed by atoms with Crippen LogP contribution >= 0.6 is 0 Å². The van der Waals surface area contributed by atoms with E-state index in [1.54, 1.807) is 0 Å². The fourth-order valence-electron chi connectivity index (χ4n) is 6.47. The molecule has 2 amide bonds. The minimum atomic E-state index is -4.87. The van der Waals surface area contributed by atoms with Crippen LogP contribution in [0.2, 0.25) is 0 Å². The van der Waals surface area contributed by atoms with Gasteiger partial charge >= 0.3 is 6.18 Å². The van der Waals surface area contributed by atoms with Gasteiger partial charge in [-0.25, -0.2) is 8.78 Å². The van der Waals surface area contributed by atoms with Gasteiger partial charge in [0.25, 0.3) is 6.43 Å². The maximum Gasteiger partial charge on any atom is 0.435 e. The van der Waals surface area contributed by atoms with E-state index in [-0.39, 0.29) is 18.0 Å². The topological polar surface area (TPSA) is 79.3 Å². The van der Waals surface area contributed by atoms with E-state index in [1.807, 2.05) is 12.1 Å². The van der Waals surface area contributed by atoms with Crippen molar-refractivity contribution in [1.82, 2.24) is 25.3 Å². The molecule has 0 saturated carbocycles. The third-order valence-corrected chi connectivity index (χ3v) is 8.62. The number of amides is 2. The molecule has 5 rings (SSSR count). The van der Waals surface area contributed by atoms with Crippen LogP contribution in [0.25, 0.3) is 0 Å². The number of alkyl halides is 5. The van der Waals surface area contributed by atoms with Gasteiger partial charge in [-0.05, 0) is 80.5 Å². The molecule has 3 atom stereocenters.